The zero-order valence-electron chi connectivity index (χ0n) is 30.9. The molecule has 12 heteroatoms. The summed E-state index contributed by atoms with van der Waals surface area (Å²) in [5, 5.41) is 2.69. The molecule has 1 saturated heterocycles. The highest BCUT2D eigenvalue weighted by atomic mass is 16.5. The van der Waals surface area contributed by atoms with Crippen molar-refractivity contribution in [3.05, 3.63) is 72.6 Å². The van der Waals surface area contributed by atoms with E-state index in [1.165, 1.54) is 7.11 Å². The monoisotopic (exact) mass is 699 g/mol. The Labute approximate surface area is 301 Å². The second-order valence-corrected chi connectivity index (χ2v) is 13.7. The van der Waals surface area contributed by atoms with E-state index in [1.807, 2.05) is 87.3 Å². The molecule has 5 rings (SSSR count). The second kappa shape index (κ2) is 18.9. The lowest BCUT2D eigenvalue weighted by molar-refractivity contribution is -0.135. The number of ether oxygens (including phenoxy) is 2. The van der Waals surface area contributed by atoms with E-state index >= 15 is 0 Å². The second-order valence-electron chi connectivity index (χ2n) is 13.7. The highest BCUT2D eigenvalue weighted by Crippen LogP contribution is 2.33. The van der Waals surface area contributed by atoms with Crippen molar-refractivity contribution in [3.63, 3.8) is 0 Å². The predicted octanol–water partition coefficient (Wildman–Crippen LogP) is 7.38. The molecule has 0 bridgehead atoms. The topological polar surface area (TPSA) is 146 Å². The highest BCUT2D eigenvalue weighted by Gasteiger charge is 2.37. The Morgan fingerprint density at radius 3 is 2.12 bits per heavy atom. The minimum atomic E-state index is -0.669. The first-order chi connectivity index (χ1) is 24.5. The van der Waals surface area contributed by atoms with Gasteiger partial charge in [0.25, 0.3) is 0 Å². The Balaban J connectivity index is 0.000000894. The van der Waals surface area contributed by atoms with E-state index in [-0.39, 0.29) is 17.9 Å². The van der Waals surface area contributed by atoms with E-state index in [0.717, 1.165) is 84.3 Å². The van der Waals surface area contributed by atoms with E-state index in [4.69, 9.17) is 9.47 Å². The van der Waals surface area contributed by atoms with Gasteiger partial charge in [0.15, 0.2) is 0 Å². The molecule has 51 heavy (non-hydrogen) atoms. The Morgan fingerprint density at radius 1 is 0.980 bits per heavy atom. The predicted molar refractivity (Wildman–Crippen MR) is 198 cm³/mol. The van der Waals surface area contributed by atoms with Crippen LogP contribution in [-0.4, -0.2) is 81.3 Å². The lowest BCUT2D eigenvalue weighted by Crippen LogP contribution is -2.51. The molecule has 2 aromatic carbocycles. The maximum atomic E-state index is 13.4. The normalized spacial score (nSPS) is 14.7. The fourth-order valence-electron chi connectivity index (χ4n) is 5.89. The number of aldehydes is 1. The minimum absolute atomic E-state index is 0.0872. The summed E-state index contributed by atoms with van der Waals surface area (Å²) in [7, 11) is 3.39. The number of carbonyl (C=O) groups excluding carboxylic acids is 3. The summed E-state index contributed by atoms with van der Waals surface area (Å²) in [6.45, 7) is 12.5. The standard InChI is InChI=1S/C34H43N7O4.C5H10O/c1-6-17-40(4)21-30-35-19-27(37-30)23-9-13-25(14-10-23)45-26-15-11-24(12-16-26)28-20-36-32(38-28)29-8-7-18-41(29)33(42)31(22(2)3)39-34(43)44-5;1-5(2)3-4-6/h9-16,19-20,22,29,31H,6-8,17-18,21H2,1-5H3,(H,35,37)(H,36,38)(H,39,43);4-5H,3H2,1-2H3. The van der Waals surface area contributed by atoms with Gasteiger partial charge in [0.05, 0.1) is 43.5 Å². The van der Waals surface area contributed by atoms with Crippen molar-refractivity contribution in [1.82, 2.24) is 35.1 Å². The molecule has 0 radical (unpaired) electrons. The molecule has 12 nitrogen and oxygen atoms in total. The molecule has 1 aliphatic rings. The summed E-state index contributed by atoms with van der Waals surface area (Å²) in [6, 6.07) is 14.9. The first-order valence-electron chi connectivity index (χ1n) is 17.8. The fraction of sp³-hybridized carbons (Fsp3) is 0.462. The molecular weight excluding hydrogens is 646 g/mol. The number of carbonyl (C=O) groups is 3. The smallest absolute Gasteiger partial charge is 0.407 e. The Bertz CT molecular complexity index is 1680. The van der Waals surface area contributed by atoms with Gasteiger partial charge in [0.2, 0.25) is 5.91 Å². The third-order valence-electron chi connectivity index (χ3n) is 8.63. The average Bonchev–Trinajstić information content (AvgIpc) is 3.89. The summed E-state index contributed by atoms with van der Waals surface area (Å²) in [5.74, 6) is 3.46. The van der Waals surface area contributed by atoms with Gasteiger partial charge in [-0.2, -0.15) is 0 Å². The van der Waals surface area contributed by atoms with Crippen molar-refractivity contribution < 1.29 is 23.9 Å². The molecule has 2 amide bonds. The number of methoxy groups -OCH3 is 1. The summed E-state index contributed by atoms with van der Waals surface area (Å²) in [4.78, 5) is 55.0. The van der Waals surface area contributed by atoms with Gasteiger partial charge in [0.1, 0.15) is 35.5 Å². The molecular formula is C39H53N7O5. The maximum absolute atomic E-state index is 13.4. The van der Waals surface area contributed by atoms with Crippen LogP contribution in [0, 0.1) is 11.8 Å². The number of nitrogens with zero attached hydrogens (tertiary/aromatic N) is 4. The Hall–Kier alpha value is -4.97. The number of imidazole rings is 2. The van der Waals surface area contributed by atoms with Crippen LogP contribution < -0.4 is 10.1 Å². The number of likely N-dealkylation sites (tertiary alicyclic amines) is 1. The third-order valence-corrected chi connectivity index (χ3v) is 8.63. The van der Waals surface area contributed by atoms with E-state index in [9.17, 15) is 14.4 Å². The summed E-state index contributed by atoms with van der Waals surface area (Å²) in [6.07, 6.45) is 7.46. The van der Waals surface area contributed by atoms with Gasteiger partial charge >= 0.3 is 6.09 Å². The first kappa shape index (κ1) is 38.8. The lowest BCUT2D eigenvalue weighted by Gasteiger charge is -2.30. The van der Waals surface area contributed by atoms with Crippen LogP contribution in [0.5, 0.6) is 11.5 Å². The number of rotatable bonds is 14. The van der Waals surface area contributed by atoms with Crippen molar-refractivity contribution in [2.45, 2.75) is 78.9 Å². The number of amides is 2. The van der Waals surface area contributed by atoms with E-state index in [1.54, 1.807) is 6.20 Å². The first-order valence-corrected chi connectivity index (χ1v) is 17.8. The number of nitrogens with one attached hydrogen (secondary N) is 3. The molecule has 1 aliphatic heterocycles. The number of aromatic amines is 2. The molecule has 0 aliphatic carbocycles. The van der Waals surface area contributed by atoms with Gasteiger partial charge < -0.3 is 34.5 Å². The van der Waals surface area contributed by atoms with Crippen LogP contribution in [0.4, 0.5) is 4.79 Å². The molecule has 2 atom stereocenters. The van der Waals surface area contributed by atoms with Gasteiger partial charge in [-0.05, 0) is 104 Å². The maximum Gasteiger partial charge on any atom is 0.407 e. The summed E-state index contributed by atoms with van der Waals surface area (Å²) in [5.41, 5.74) is 3.84. The van der Waals surface area contributed by atoms with E-state index in [2.05, 4.69) is 44.1 Å². The van der Waals surface area contributed by atoms with Crippen LogP contribution >= 0.6 is 0 Å². The number of hydrogen-bond acceptors (Lipinski definition) is 8. The van der Waals surface area contributed by atoms with Crippen molar-refractivity contribution in [2.24, 2.45) is 11.8 Å². The molecule has 0 spiro atoms. The molecule has 3 N–H and O–H groups in total. The van der Waals surface area contributed by atoms with Crippen molar-refractivity contribution in [3.8, 4) is 34.0 Å². The number of benzene rings is 2. The largest absolute Gasteiger partial charge is 0.457 e. The van der Waals surface area contributed by atoms with Crippen LogP contribution in [0.1, 0.15) is 78.0 Å². The van der Waals surface area contributed by atoms with Gasteiger partial charge in [-0.15, -0.1) is 0 Å². The number of H-pyrrole nitrogens is 2. The van der Waals surface area contributed by atoms with Crippen LogP contribution in [0.3, 0.4) is 0 Å². The lowest BCUT2D eigenvalue weighted by atomic mass is 10.0. The highest BCUT2D eigenvalue weighted by molar-refractivity contribution is 5.86. The fourth-order valence-corrected chi connectivity index (χ4v) is 5.89. The SMILES string of the molecule is CC(C)CC=O.CCCN(C)Cc1ncc(-c2ccc(Oc3ccc(-c4cnc(C5CCCN5C(=O)C(NC(=O)OC)C(C)C)[nH]4)cc3)cc2)[nH]1. The summed E-state index contributed by atoms with van der Waals surface area (Å²) < 4.78 is 10.8. The van der Waals surface area contributed by atoms with Crippen LogP contribution in [0.2, 0.25) is 0 Å². The van der Waals surface area contributed by atoms with Crippen LogP contribution in [-0.2, 0) is 20.9 Å². The van der Waals surface area contributed by atoms with E-state index in [0.29, 0.717) is 18.9 Å². The molecule has 4 aromatic rings. The average molecular weight is 700 g/mol. The van der Waals surface area contributed by atoms with Gasteiger partial charge in [0, 0.05) is 13.0 Å². The number of hydrogen-bond donors (Lipinski definition) is 3. The Kier molecular flexibility index (Phi) is 14.4. The summed E-state index contributed by atoms with van der Waals surface area (Å²) >= 11 is 0. The zero-order chi connectivity index (χ0) is 36.9. The van der Waals surface area contributed by atoms with Gasteiger partial charge in [-0.25, -0.2) is 14.8 Å². The van der Waals surface area contributed by atoms with Crippen molar-refractivity contribution in [1.29, 1.82) is 0 Å². The molecule has 274 valence electrons. The van der Waals surface area contributed by atoms with Crippen molar-refractivity contribution >= 4 is 18.3 Å². The van der Waals surface area contributed by atoms with E-state index < -0.39 is 12.1 Å². The van der Waals surface area contributed by atoms with Gasteiger partial charge in [-0.3, -0.25) is 9.69 Å². The third kappa shape index (κ3) is 11.0. The molecule has 2 aromatic heterocycles. The Morgan fingerprint density at radius 2 is 1.59 bits per heavy atom. The van der Waals surface area contributed by atoms with Crippen molar-refractivity contribution in [2.75, 3.05) is 27.2 Å². The van der Waals surface area contributed by atoms with Gasteiger partial charge in [-0.1, -0.05) is 34.6 Å². The molecule has 1 fully saturated rings. The molecule has 2 unspecified atom stereocenters. The number of alkyl carbamates (subject to hydrolysis) is 1. The number of aromatic nitrogens is 4. The van der Waals surface area contributed by atoms with Crippen LogP contribution in [0.25, 0.3) is 22.5 Å². The zero-order valence-corrected chi connectivity index (χ0v) is 30.9. The minimum Gasteiger partial charge on any atom is -0.457 e. The molecule has 3 heterocycles. The molecule has 0 saturated carbocycles. The van der Waals surface area contributed by atoms with Crippen LogP contribution in [0.15, 0.2) is 60.9 Å². The quantitative estimate of drug-likeness (QED) is 0.116.